The van der Waals surface area contributed by atoms with Crippen molar-refractivity contribution < 1.29 is 13.9 Å². The Morgan fingerprint density at radius 2 is 1.80 bits per heavy atom. The molecule has 4 aromatic rings. The Hall–Kier alpha value is -4.00. The molecule has 0 saturated carbocycles. The third-order valence-corrected chi connectivity index (χ3v) is 4.35. The molecule has 7 heteroatoms. The van der Waals surface area contributed by atoms with Crippen molar-refractivity contribution >= 4 is 11.7 Å². The topological polar surface area (TPSA) is 90.1 Å². The quantitative estimate of drug-likeness (QED) is 0.475. The first kappa shape index (κ1) is 19.3. The zero-order valence-corrected chi connectivity index (χ0v) is 16.2. The molecule has 0 fully saturated rings. The first-order valence-corrected chi connectivity index (χ1v) is 9.54. The lowest BCUT2D eigenvalue weighted by Gasteiger charge is -2.11. The van der Waals surface area contributed by atoms with E-state index in [2.05, 4.69) is 20.3 Å². The molecule has 0 aliphatic rings. The molecule has 30 heavy (non-hydrogen) atoms. The van der Waals surface area contributed by atoms with Crippen LogP contribution in [0.1, 0.15) is 17.9 Å². The van der Waals surface area contributed by atoms with Gasteiger partial charge in [0, 0.05) is 37.0 Å². The number of hydrogen-bond acceptors (Lipinski definition) is 6. The molecule has 7 nitrogen and oxygen atoms in total. The summed E-state index contributed by atoms with van der Waals surface area (Å²) in [4.78, 5) is 24.9. The van der Waals surface area contributed by atoms with E-state index >= 15 is 0 Å². The maximum Gasteiger partial charge on any atom is 0.226 e. The number of carbonyl (C=O) groups is 1. The van der Waals surface area contributed by atoms with Crippen molar-refractivity contribution in [3.8, 4) is 17.1 Å². The molecule has 150 valence electrons. The number of hydrogen-bond donors (Lipinski definition) is 1. The monoisotopic (exact) mass is 400 g/mol. The van der Waals surface area contributed by atoms with Gasteiger partial charge in [-0.2, -0.15) is 0 Å². The van der Waals surface area contributed by atoms with Crippen molar-refractivity contribution in [1.29, 1.82) is 0 Å². The minimum Gasteiger partial charge on any atom is -0.485 e. The molecule has 3 heterocycles. The summed E-state index contributed by atoms with van der Waals surface area (Å²) in [6, 6.07) is 17.0. The standard InChI is InChI=1S/C23H20N4O3/c28-21(8-9-22-26-15-20(30-22)18-5-2-1-3-6-18)27-23-19(7-4-12-25-23)29-16-17-10-13-24-14-11-17/h1-7,10-15H,8-9,16H2,(H,25,27,28). The van der Waals surface area contributed by atoms with Gasteiger partial charge in [0.2, 0.25) is 5.91 Å². The SMILES string of the molecule is O=C(CCc1ncc(-c2ccccc2)o1)Nc1ncccc1OCc1ccncc1. The lowest BCUT2D eigenvalue weighted by atomic mass is 10.2. The number of amides is 1. The third-order valence-electron chi connectivity index (χ3n) is 4.35. The number of rotatable bonds is 8. The summed E-state index contributed by atoms with van der Waals surface area (Å²) in [5.74, 6) is 1.89. The molecule has 0 aliphatic carbocycles. The first-order chi connectivity index (χ1) is 14.8. The van der Waals surface area contributed by atoms with Crippen LogP contribution in [0, 0.1) is 0 Å². The van der Waals surface area contributed by atoms with Crippen LogP contribution in [0.15, 0.2) is 83.8 Å². The van der Waals surface area contributed by atoms with Gasteiger partial charge in [-0.3, -0.25) is 9.78 Å². The molecule has 1 amide bonds. The highest BCUT2D eigenvalue weighted by atomic mass is 16.5. The molecule has 3 aromatic heterocycles. The molecular weight excluding hydrogens is 380 g/mol. The van der Waals surface area contributed by atoms with Gasteiger partial charge in [0.1, 0.15) is 6.61 Å². The largest absolute Gasteiger partial charge is 0.485 e. The molecule has 0 bridgehead atoms. The summed E-state index contributed by atoms with van der Waals surface area (Å²) < 4.78 is 11.5. The number of aromatic nitrogens is 3. The highest BCUT2D eigenvalue weighted by molar-refractivity contribution is 5.91. The van der Waals surface area contributed by atoms with Crippen molar-refractivity contribution in [3.63, 3.8) is 0 Å². The van der Waals surface area contributed by atoms with Crippen LogP contribution in [-0.2, 0) is 17.8 Å². The van der Waals surface area contributed by atoms with Gasteiger partial charge in [0.05, 0.1) is 6.20 Å². The lowest BCUT2D eigenvalue weighted by Crippen LogP contribution is -2.14. The van der Waals surface area contributed by atoms with E-state index in [0.717, 1.165) is 11.1 Å². The van der Waals surface area contributed by atoms with Gasteiger partial charge in [0.15, 0.2) is 23.2 Å². The van der Waals surface area contributed by atoms with Crippen molar-refractivity contribution in [3.05, 3.63) is 90.8 Å². The Morgan fingerprint density at radius 3 is 2.63 bits per heavy atom. The zero-order chi connectivity index (χ0) is 20.6. The second-order valence-electron chi connectivity index (χ2n) is 6.53. The average Bonchev–Trinajstić information content (AvgIpc) is 3.28. The molecule has 0 atom stereocenters. The maximum atomic E-state index is 12.4. The average molecular weight is 400 g/mol. The maximum absolute atomic E-state index is 12.4. The summed E-state index contributed by atoms with van der Waals surface area (Å²) >= 11 is 0. The minimum atomic E-state index is -0.193. The van der Waals surface area contributed by atoms with E-state index in [1.165, 1.54) is 0 Å². The number of anilines is 1. The summed E-state index contributed by atoms with van der Waals surface area (Å²) in [5, 5.41) is 2.80. The van der Waals surface area contributed by atoms with Crippen LogP contribution in [0.3, 0.4) is 0 Å². The predicted octanol–water partition coefficient (Wildman–Crippen LogP) is 4.28. The summed E-state index contributed by atoms with van der Waals surface area (Å²) in [6.07, 6.45) is 7.29. The summed E-state index contributed by atoms with van der Waals surface area (Å²) in [5.41, 5.74) is 1.93. The Balaban J connectivity index is 1.33. The fourth-order valence-corrected chi connectivity index (χ4v) is 2.82. The Bertz CT molecular complexity index is 1100. The second-order valence-corrected chi connectivity index (χ2v) is 6.53. The van der Waals surface area contributed by atoms with E-state index in [9.17, 15) is 4.79 Å². The zero-order valence-electron chi connectivity index (χ0n) is 16.2. The van der Waals surface area contributed by atoms with Gasteiger partial charge in [-0.05, 0) is 29.8 Å². The molecule has 0 aliphatic heterocycles. The van der Waals surface area contributed by atoms with E-state index in [1.807, 2.05) is 42.5 Å². The number of nitrogens with zero attached hydrogens (tertiary/aromatic N) is 3. The van der Waals surface area contributed by atoms with Gasteiger partial charge in [-0.25, -0.2) is 9.97 Å². The van der Waals surface area contributed by atoms with Crippen LogP contribution >= 0.6 is 0 Å². The fourth-order valence-electron chi connectivity index (χ4n) is 2.82. The van der Waals surface area contributed by atoms with Gasteiger partial charge < -0.3 is 14.5 Å². The summed E-state index contributed by atoms with van der Waals surface area (Å²) in [6.45, 7) is 0.357. The second kappa shape index (κ2) is 9.47. The van der Waals surface area contributed by atoms with Crippen molar-refractivity contribution in [2.45, 2.75) is 19.4 Å². The first-order valence-electron chi connectivity index (χ1n) is 9.54. The van der Waals surface area contributed by atoms with Gasteiger partial charge in [-0.1, -0.05) is 30.3 Å². The molecule has 1 N–H and O–H groups in total. The van der Waals surface area contributed by atoms with E-state index in [0.29, 0.717) is 36.2 Å². The predicted molar refractivity (Wildman–Crippen MR) is 112 cm³/mol. The normalized spacial score (nSPS) is 10.5. The summed E-state index contributed by atoms with van der Waals surface area (Å²) in [7, 11) is 0. The number of aryl methyl sites for hydroxylation is 1. The van der Waals surface area contributed by atoms with E-state index in [-0.39, 0.29) is 12.3 Å². The number of pyridine rings is 2. The van der Waals surface area contributed by atoms with E-state index in [4.69, 9.17) is 9.15 Å². The lowest BCUT2D eigenvalue weighted by molar-refractivity contribution is -0.116. The molecule has 0 saturated heterocycles. The van der Waals surface area contributed by atoms with Gasteiger partial charge in [0.25, 0.3) is 0 Å². The van der Waals surface area contributed by atoms with Crippen molar-refractivity contribution in [1.82, 2.24) is 15.0 Å². The van der Waals surface area contributed by atoms with Crippen molar-refractivity contribution in [2.24, 2.45) is 0 Å². The number of carbonyl (C=O) groups excluding carboxylic acids is 1. The highest BCUT2D eigenvalue weighted by Gasteiger charge is 2.12. The molecule has 0 spiro atoms. The Labute approximate surface area is 173 Å². The molecular formula is C23H20N4O3. The van der Waals surface area contributed by atoms with Crippen LogP contribution in [0.25, 0.3) is 11.3 Å². The molecule has 0 radical (unpaired) electrons. The smallest absolute Gasteiger partial charge is 0.226 e. The van der Waals surface area contributed by atoms with Crippen molar-refractivity contribution in [2.75, 3.05) is 5.32 Å². The Kier molecular flexibility index (Phi) is 6.10. The number of nitrogens with one attached hydrogen (secondary N) is 1. The molecule has 1 aromatic carbocycles. The minimum absolute atomic E-state index is 0.193. The van der Waals surface area contributed by atoms with Crippen LogP contribution in [0.5, 0.6) is 5.75 Å². The molecule has 4 rings (SSSR count). The third kappa shape index (κ3) is 5.08. The van der Waals surface area contributed by atoms with Crippen LogP contribution in [0.2, 0.25) is 0 Å². The number of benzene rings is 1. The van der Waals surface area contributed by atoms with E-state index in [1.54, 1.807) is 36.9 Å². The Morgan fingerprint density at radius 1 is 0.967 bits per heavy atom. The highest BCUT2D eigenvalue weighted by Crippen LogP contribution is 2.23. The molecule has 0 unspecified atom stereocenters. The van der Waals surface area contributed by atoms with Crippen LogP contribution in [-0.4, -0.2) is 20.9 Å². The van der Waals surface area contributed by atoms with Gasteiger partial charge >= 0.3 is 0 Å². The van der Waals surface area contributed by atoms with Crippen LogP contribution in [0.4, 0.5) is 5.82 Å². The van der Waals surface area contributed by atoms with E-state index < -0.39 is 0 Å². The number of ether oxygens (including phenoxy) is 1. The fraction of sp³-hybridized carbons (Fsp3) is 0.130. The van der Waals surface area contributed by atoms with Crippen LogP contribution < -0.4 is 10.1 Å². The number of oxazole rings is 1. The van der Waals surface area contributed by atoms with Gasteiger partial charge in [-0.15, -0.1) is 0 Å².